The molecule has 1 atom stereocenters. The molecule has 136 valence electrons. The minimum Gasteiger partial charge on any atom is -0.383 e. The Morgan fingerprint density at radius 2 is 2.08 bits per heavy atom. The molecule has 1 spiro atoms. The van der Waals surface area contributed by atoms with Crippen LogP contribution in [0.1, 0.15) is 29.6 Å². The summed E-state index contributed by atoms with van der Waals surface area (Å²) in [6.07, 6.45) is 2.18. The number of nitrogens with zero attached hydrogens (tertiary/aromatic N) is 2. The van der Waals surface area contributed by atoms with Gasteiger partial charge in [-0.15, -0.1) is 0 Å². The van der Waals surface area contributed by atoms with Crippen LogP contribution in [-0.2, 0) is 9.53 Å². The summed E-state index contributed by atoms with van der Waals surface area (Å²) in [7, 11) is 1.59. The van der Waals surface area contributed by atoms with E-state index in [9.17, 15) is 18.4 Å². The predicted molar refractivity (Wildman–Crippen MR) is 87.0 cm³/mol. The van der Waals surface area contributed by atoms with Gasteiger partial charge in [-0.2, -0.15) is 0 Å². The summed E-state index contributed by atoms with van der Waals surface area (Å²) in [5, 5.41) is 0. The second kappa shape index (κ2) is 7.07. The van der Waals surface area contributed by atoms with E-state index in [1.165, 1.54) is 4.90 Å². The minimum absolute atomic E-state index is 0.0469. The Morgan fingerprint density at radius 3 is 2.80 bits per heavy atom. The van der Waals surface area contributed by atoms with Crippen LogP contribution in [0.4, 0.5) is 8.78 Å². The lowest BCUT2D eigenvalue weighted by Crippen LogP contribution is -2.51. The smallest absolute Gasteiger partial charge is 0.256 e. The van der Waals surface area contributed by atoms with Crippen molar-refractivity contribution in [1.29, 1.82) is 0 Å². The van der Waals surface area contributed by atoms with Crippen LogP contribution in [0.5, 0.6) is 0 Å². The van der Waals surface area contributed by atoms with Crippen molar-refractivity contribution in [3.63, 3.8) is 0 Å². The van der Waals surface area contributed by atoms with Crippen molar-refractivity contribution in [2.45, 2.75) is 19.3 Å². The van der Waals surface area contributed by atoms with E-state index in [4.69, 9.17) is 4.74 Å². The van der Waals surface area contributed by atoms with Crippen LogP contribution in [0.25, 0.3) is 0 Å². The number of amides is 2. The number of hydrogen-bond donors (Lipinski definition) is 0. The molecule has 0 aliphatic carbocycles. The number of halogens is 2. The van der Waals surface area contributed by atoms with Crippen molar-refractivity contribution >= 4 is 11.8 Å². The molecule has 2 saturated heterocycles. The number of methoxy groups -OCH3 is 1. The Hall–Kier alpha value is -2.02. The van der Waals surface area contributed by atoms with Gasteiger partial charge in [0, 0.05) is 39.4 Å². The van der Waals surface area contributed by atoms with Crippen molar-refractivity contribution < 1.29 is 23.1 Å². The average Bonchev–Trinajstić information content (AvgIpc) is 3.01. The fraction of sp³-hybridized carbons (Fsp3) is 0.556. The number of rotatable bonds is 4. The summed E-state index contributed by atoms with van der Waals surface area (Å²) >= 11 is 0. The Bertz CT molecular complexity index is 682. The lowest BCUT2D eigenvalue weighted by atomic mass is 9.78. The van der Waals surface area contributed by atoms with Crippen LogP contribution in [0.3, 0.4) is 0 Å². The summed E-state index contributed by atoms with van der Waals surface area (Å²) in [5.41, 5.74) is -0.740. The van der Waals surface area contributed by atoms with Gasteiger partial charge in [-0.25, -0.2) is 8.78 Å². The van der Waals surface area contributed by atoms with Crippen LogP contribution in [0.15, 0.2) is 18.2 Å². The summed E-state index contributed by atoms with van der Waals surface area (Å²) in [6.45, 7) is 2.40. The van der Waals surface area contributed by atoms with Crippen LogP contribution in [0.2, 0.25) is 0 Å². The maximum absolute atomic E-state index is 13.9. The normalized spacial score (nSPS) is 23.6. The Balaban J connectivity index is 1.73. The zero-order chi connectivity index (χ0) is 18.0. The van der Waals surface area contributed by atoms with E-state index in [-0.39, 0.29) is 18.0 Å². The third-order valence-electron chi connectivity index (χ3n) is 5.19. The molecular weight excluding hydrogens is 330 g/mol. The Labute approximate surface area is 145 Å². The van der Waals surface area contributed by atoms with Gasteiger partial charge in [-0.05, 0) is 31.4 Å². The van der Waals surface area contributed by atoms with Gasteiger partial charge < -0.3 is 14.5 Å². The highest BCUT2D eigenvalue weighted by Crippen LogP contribution is 2.40. The number of likely N-dealkylation sites (tertiary alicyclic amines) is 2. The van der Waals surface area contributed by atoms with E-state index in [1.807, 2.05) is 0 Å². The molecule has 0 radical (unpaired) electrons. The van der Waals surface area contributed by atoms with E-state index >= 15 is 0 Å². The maximum atomic E-state index is 13.9. The second-order valence-corrected chi connectivity index (χ2v) is 6.77. The zero-order valence-corrected chi connectivity index (χ0v) is 14.3. The van der Waals surface area contributed by atoms with Crippen LogP contribution >= 0.6 is 0 Å². The third-order valence-corrected chi connectivity index (χ3v) is 5.19. The molecule has 0 bridgehead atoms. The largest absolute Gasteiger partial charge is 0.383 e. The molecule has 1 aromatic rings. The van der Waals surface area contributed by atoms with Gasteiger partial charge >= 0.3 is 0 Å². The van der Waals surface area contributed by atoms with Crippen molar-refractivity contribution in [2.24, 2.45) is 5.41 Å². The first-order chi connectivity index (χ1) is 12.0. The number of ether oxygens (including phenoxy) is 1. The monoisotopic (exact) mass is 352 g/mol. The van der Waals surface area contributed by atoms with Crippen LogP contribution in [0, 0.1) is 17.0 Å². The number of carbonyl (C=O) groups excluding carboxylic acids is 2. The molecule has 2 fully saturated rings. The lowest BCUT2D eigenvalue weighted by molar-refractivity contribution is -0.146. The summed E-state index contributed by atoms with van der Waals surface area (Å²) < 4.78 is 32.0. The van der Waals surface area contributed by atoms with Gasteiger partial charge in [0.2, 0.25) is 5.91 Å². The quantitative estimate of drug-likeness (QED) is 0.834. The fourth-order valence-electron chi connectivity index (χ4n) is 3.82. The van der Waals surface area contributed by atoms with Gasteiger partial charge in [0.05, 0.1) is 17.6 Å². The summed E-state index contributed by atoms with van der Waals surface area (Å²) in [4.78, 5) is 28.8. The zero-order valence-electron chi connectivity index (χ0n) is 14.3. The highest BCUT2D eigenvalue weighted by Gasteiger charge is 2.49. The highest BCUT2D eigenvalue weighted by molar-refractivity contribution is 5.95. The van der Waals surface area contributed by atoms with Gasteiger partial charge in [0.25, 0.3) is 5.91 Å². The van der Waals surface area contributed by atoms with Gasteiger partial charge in [-0.1, -0.05) is 0 Å². The first-order valence-corrected chi connectivity index (χ1v) is 8.49. The molecule has 2 aliphatic heterocycles. The molecule has 2 heterocycles. The number of piperidine rings is 1. The standard InChI is InChI=1S/C18H22F2N2O3/c1-25-10-9-21-7-2-5-18(17(21)24)6-8-22(12-18)16(23)14-4-3-13(19)11-15(14)20/h3-4,11H,2,5-10,12H2,1H3/t18-/m1/s1. The second-order valence-electron chi connectivity index (χ2n) is 6.77. The molecule has 0 unspecified atom stereocenters. The van der Waals surface area contributed by atoms with E-state index in [0.717, 1.165) is 25.0 Å². The van der Waals surface area contributed by atoms with Gasteiger partial charge in [-0.3, -0.25) is 9.59 Å². The molecule has 0 saturated carbocycles. The average molecular weight is 352 g/mol. The molecule has 0 N–H and O–H groups in total. The van der Waals surface area contributed by atoms with E-state index in [1.54, 1.807) is 12.0 Å². The molecule has 1 aromatic carbocycles. The molecule has 25 heavy (non-hydrogen) atoms. The van der Waals surface area contributed by atoms with E-state index < -0.39 is 23.0 Å². The number of hydrogen-bond acceptors (Lipinski definition) is 3. The molecule has 0 aromatic heterocycles. The summed E-state index contributed by atoms with van der Waals surface area (Å²) in [6, 6.07) is 2.93. The number of carbonyl (C=O) groups is 2. The van der Waals surface area contributed by atoms with Crippen LogP contribution < -0.4 is 0 Å². The molecule has 2 aliphatic rings. The molecule has 2 amide bonds. The lowest BCUT2D eigenvalue weighted by Gasteiger charge is -2.39. The summed E-state index contributed by atoms with van der Waals surface area (Å²) in [5.74, 6) is -2.03. The van der Waals surface area contributed by atoms with Crippen molar-refractivity contribution in [3.05, 3.63) is 35.4 Å². The topological polar surface area (TPSA) is 49.9 Å². The predicted octanol–water partition coefficient (Wildman–Crippen LogP) is 2.07. The molecule has 3 rings (SSSR count). The van der Waals surface area contributed by atoms with E-state index in [2.05, 4.69) is 0 Å². The minimum atomic E-state index is -0.873. The van der Waals surface area contributed by atoms with Crippen molar-refractivity contribution in [1.82, 2.24) is 9.80 Å². The van der Waals surface area contributed by atoms with Gasteiger partial charge in [0.1, 0.15) is 11.6 Å². The maximum Gasteiger partial charge on any atom is 0.256 e. The van der Waals surface area contributed by atoms with Crippen molar-refractivity contribution in [2.75, 3.05) is 39.9 Å². The van der Waals surface area contributed by atoms with Crippen LogP contribution in [-0.4, -0.2) is 61.5 Å². The molecule has 5 nitrogen and oxygen atoms in total. The molecule has 7 heteroatoms. The van der Waals surface area contributed by atoms with Crippen molar-refractivity contribution in [3.8, 4) is 0 Å². The highest BCUT2D eigenvalue weighted by atomic mass is 19.1. The molecular formula is C18H22F2N2O3. The Morgan fingerprint density at radius 1 is 1.28 bits per heavy atom. The number of benzene rings is 1. The third kappa shape index (κ3) is 3.38. The van der Waals surface area contributed by atoms with Gasteiger partial charge in [0.15, 0.2) is 0 Å². The SMILES string of the molecule is COCCN1CCC[C@]2(CCN(C(=O)c3ccc(F)cc3F)C2)C1=O. The Kier molecular flexibility index (Phi) is 5.03. The van der Waals surface area contributed by atoms with E-state index in [0.29, 0.717) is 38.7 Å². The first-order valence-electron chi connectivity index (χ1n) is 8.49. The fourth-order valence-corrected chi connectivity index (χ4v) is 3.82. The first kappa shape index (κ1) is 17.8.